The molecule has 4 rings (SSSR count). The Morgan fingerprint density at radius 2 is 1.75 bits per heavy atom. The fourth-order valence-corrected chi connectivity index (χ4v) is 3.31. The number of rotatable bonds is 4. The highest BCUT2D eigenvalue weighted by molar-refractivity contribution is 6.31. The second-order valence-electron chi connectivity index (χ2n) is 6.59. The molecular weight excluding hydrogens is 382 g/mol. The van der Waals surface area contributed by atoms with Gasteiger partial charge < -0.3 is 5.32 Å². The second-order valence-corrected chi connectivity index (χ2v) is 7.03. The summed E-state index contributed by atoms with van der Waals surface area (Å²) < 4.78 is 0. The molecule has 1 saturated heterocycles. The Kier molecular flexibility index (Phi) is 4.56. The van der Waals surface area contributed by atoms with Gasteiger partial charge in [-0.05, 0) is 43.3 Å². The van der Waals surface area contributed by atoms with Gasteiger partial charge >= 0.3 is 0 Å². The summed E-state index contributed by atoms with van der Waals surface area (Å²) in [6.45, 7) is 1.76. The predicted octanol–water partition coefficient (Wildman–Crippen LogP) is 2.58. The largest absolute Gasteiger partial charge is 0.324 e. The molecule has 0 saturated carbocycles. The van der Waals surface area contributed by atoms with Gasteiger partial charge in [0.25, 0.3) is 11.8 Å². The third kappa shape index (κ3) is 3.22. The van der Waals surface area contributed by atoms with Crippen LogP contribution in [0.1, 0.15) is 5.56 Å². The van der Waals surface area contributed by atoms with Gasteiger partial charge in [-0.15, -0.1) is 0 Å². The zero-order valence-corrected chi connectivity index (χ0v) is 15.6. The number of amides is 3. The van der Waals surface area contributed by atoms with Gasteiger partial charge in [-0.1, -0.05) is 34.5 Å². The number of aryl methyl sites for hydroxylation is 1. The zero-order chi connectivity index (χ0) is 19.8. The van der Waals surface area contributed by atoms with Crippen molar-refractivity contribution in [3.63, 3.8) is 0 Å². The van der Waals surface area contributed by atoms with Crippen LogP contribution in [0.2, 0.25) is 5.02 Å². The summed E-state index contributed by atoms with van der Waals surface area (Å²) in [4.78, 5) is 38.9. The van der Waals surface area contributed by atoms with Crippen molar-refractivity contribution in [1.29, 1.82) is 0 Å². The van der Waals surface area contributed by atoms with E-state index in [0.717, 1.165) is 10.5 Å². The van der Waals surface area contributed by atoms with Gasteiger partial charge in [0.2, 0.25) is 5.91 Å². The smallest absolute Gasteiger partial charge is 0.263 e. The summed E-state index contributed by atoms with van der Waals surface area (Å²) in [5.41, 5.74) is 2.12. The van der Waals surface area contributed by atoms with E-state index in [0.29, 0.717) is 16.4 Å². The molecule has 142 valence electrons. The van der Waals surface area contributed by atoms with E-state index < -0.39 is 23.9 Å². The number of nitrogens with one attached hydrogen (secondary N) is 1. The Bertz CT molecular complexity index is 974. The van der Waals surface area contributed by atoms with Crippen molar-refractivity contribution in [2.45, 2.75) is 19.0 Å². The lowest BCUT2D eigenvalue weighted by Gasteiger charge is -2.20. The molecule has 1 N–H and O–H groups in total. The van der Waals surface area contributed by atoms with Crippen molar-refractivity contribution in [2.24, 2.45) is 10.3 Å². The van der Waals surface area contributed by atoms with Crippen LogP contribution in [0.25, 0.3) is 0 Å². The highest BCUT2D eigenvalue weighted by Crippen LogP contribution is 2.32. The summed E-state index contributed by atoms with van der Waals surface area (Å²) in [5, 5.41) is 12.3. The summed E-state index contributed by atoms with van der Waals surface area (Å²) in [6, 6.07) is 11.8. The molecule has 0 bridgehead atoms. The molecule has 8 nitrogen and oxygen atoms in total. The number of imide groups is 1. The number of carbonyl (C=O) groups excluding carboxylic acids is 3. The van der Waals surface area contributed by atoms with E-state index in [-0.39, 0.29) is 12.5 Å². The van der Waals surface area contributed by atoms with Crippen LogP contribution in [0, 0.1) is 6.92 Å². The van der Waals surface area contributed by atoms with Crippen LogP contribution >= 0.6 is 11.6 Å². The van der Waals surface area contributed by atoms with Gasteiger partial charge in [-0.2, -0.15) is 5.11 Å². The van der Waals surface area contributed by atoms with Gasteiger partial charge in [0.15, 0.2) is 12.1 Å². The second kappa shape index (κ2) is 7.05. The van der Waals surface area contributed by atoms with Crippen molar-refractivity contribution in [2.75, 3.05) is 16.8 Å². The predicted molar refractivity (Wildman–Crippen MR) is 103 cm³/mol. The average molecular weight is 398 g/mol. The van der Waals surface area contributed by atoms with Crippen molar-refractivity contribution in [3.05, 3.63) is 59.1 Å². The van der Waals surface area contributed by atoms with E-state index in [1.54, 1.807) is 36.4 Å². The number of carbonyl (C=O) groups is 3. The van der Waals surface area contributed by atoms with E-state index in [4.69, 9.17) is 11.6 Å². The molecule has 9 heteroatoms. The van der Waals surface area contributed by atoms with Crippen molar-refractivity contribution in [1.82, 2.24) is 5.01 Å². The molecule has 2 aliphatic rings. The van der Waals surface area contributed by atoms with Crippen LogP contribution < -0.4 is 10.2 Å². The number of halogens is 1. The van der Waals surface area contributed by atoms with Crippen molar-refractivity contribution >= 4 is 40.7 Å². The maximum atomic E-state index is 12.8. The van der Waals surface area contributed by atoms with Gasteiger partial charge in [0, 0.05) is 10.7 Å². The molecule has 0 unspecified atom stereocenters. The Hall–Kier alpha value is -3.26. The number of benzene rings is 2. The normalized spacial score (nSPS) is 20.6. The molecule has 0 spiro atoms. The molecule has 0 aliphatic carbocycles. The van der Waals surface area contributed by atoms with Crippen LogP contribution in [0.15, 0.2) is 58.9 Å². The molecule has 0 aromatic heterocycles. The number of hydrogen-bond acceptors (Lipinski definition) is 6. The molecule has 3 amide bonds. The molecule has 1 fully saturated rings. The third-order valence-corrected chi connectivity index (χ3v) is 4.84. The quantitative estimate of drug-likeness (QED) is 0.802. The Morgan fingerprint density at radius 1 is 1.07 bits per heavy atom. The van der Waals surface area contributed by atoms with Crippen LogP contribution in [0.5, 0.6) is 0 Å². The topological polar surface area (TPSA) is 94.4 Å². The Labute approximate surface area is 165 Å². The van der Waals surface area contributed by atoms with Crippen molar-refractivity contribution < 1.29 is 14.4 Å². The molecular formula is C19H16ClN5O3. The standard InChI is InChI=1S/C19H16ClN5O3/c1-11-2-6-13(7-3-11)21-15(26)10-24-17-16(22-23-24)18(27)25(19(17)28)14-8-4-12(20)5-9-14/h2-9,16-17H,10H2,1H3,(H,21,26)/t16-,17-/m0/s1. The minimum Gasteiger partial charge on any atom is -0.324 e. The number of anilines is 2. The lowest BCUT2D eigenvalue weighted by Crippen LogP contribution is -2.43. The fourth-order valence-electron chi connectivity index (χ4n) is 3.18. The first-order chi connectivity index (χ1) is 13.4. The summed E-state index contributed by atoms with van der Waals surface area (Å²) in [5.74, 6) is -1.29. The first-order valence-corrected chi connectivity index (χ1v) is 8.99. The van der Waals surface area contributed by atoms with Crippen molar-refractivity contribution in [3.8, 4) is 0 Å². The van der Waals surface area contributed by atoms with E-state index >= 15 is 0 Å². The summed E-state index contributed by atoms with van der Waals surface area (Å²) in [7, 11) is 0. The van der Waals surface area contributed by atoms with Gasteiger partial charge in [0.1, 0.15) is 6.54 Å². The van der Waals surface area contributed by atoms with E-state index in [1.807, 2.05) is 19.1 Å². The maximum Gasteiger partial charge on any atom is 0.263 e. The highest BCUT2D eigenvalue weighted by Gasteiger charge is 2.55. The number of hydrogen-bond donors (Lipinski definition) is 1. The third-order valence-electron chi connectivity index (χ3n) is 4.58. The lowest BCUT2D eigenvalue weighted by molar-refractivity contribution is -0.123. The highest BCUT2D eigenvalue weighted by atomic mass is 35.5. The van der Waals surface area contributed by atoms with Gasteiger partial charge in [-0.25, -0.2) is 4.90 Å². The number of nitrogens with zero attached hydrogens (tertiary/aromatic N) is 4. The lowest BCUT2D eigenvalue weighted by atomic mass is 10.1. The van der Waals surface area contributed by atoms with E-state index in [9.17, 15) is 14.4 Å². The molecule has 28 heavy (non-hydrogen) atoms. The SMILES string of the molecule is Cc1ccc(NC(=O)CN2N=N[C@@H]3C(=O)N(c4ccc(Cl)cc4)C(=O)[C@H]32)cc1. The van der Waals surface area contributed by atoms with Gasteiger partial charge in [0.05, 0.1) is 5.69 Å². The summed E-state index contributed by atoms with van der Waals surface area (Å²) >= 11 is 5.87. The fraction of sp³-hybridized carbons (Fsp3) is 0.211. The average Bonchev–Trinajstić information content (AvgIpc) is 3.18. The minimum atomic E-state index is -0.949. The molecule has 2 aromatic carbocycles. The molecule has 0 radical (unpaired) electrons. The molecule has 2 aromatic rings. The monoisotopic (exact) mass is 397 g/mol. The number of fused-ring (bicyclic) bond motifs is 1. The first-order valence-electron chi connectivity index (χ1n) is 8.61. The molecule has 2 aliphatic heterocycles. The molecule has 2 heterocycles. The van der Waals surface area contributed by atoms with Crippen LogP contribution in [0.4, 0.5) is 11.4 Å². The Morgan fingerprint density at radius 3 is 2.43 bits per heavy atom. The Balaban J connectivity index is 1.48. The minimum absolute atomic E-state index is 0.188. The van der Waals surface area contributed by atoms with E-state index in [2.05, 4.69) is 15.7 Å². The van der Waals surface area contributed by atoms with Crippen LogP contribution in [0.3, 0.4) is 0 Å². The summed E-state index contributed by atoms with van der Waals surface area (Å²) in [6.07, 6.45) is 0. The molecule has 2 atom stereocenters. The zero-order valence-electron chi connectivity index (χ0n) is 14.9. The van der Waals surface area contributed by atoms with E-state index in [1.165, 1.54) is 5.01 Å². The van der Waals surface area contributed by atoms with Crippen LogP contribution in [-0.2, 0) is 14.4 Å². The van der Waals surface area contributed by atoms with Crippen LogP contribution in [-0.4, -0.2) is 41.4 Å². The van der Waals surface area contributed by atoms with Gasteiger partial charge in [-0.3, -0.25) is 19.4 Å². The maximum absolute atomic E-state index is 12.8. The first kappa shape index (κ1) is 18.1.